The first-order chi connectivity index (χ1) is 13.6. The maximum absolute atomic E-state index is 14.6. The predicted molar refractivity (Wildman–Crippen MR) is 114 cm³/mol. The normalized spacial score (nSPS) is 14.4. The van der Waals surface area contributed by atoms with Crippen LogP contribution in [0.3, 0.4) is 0 Å². The number of benzene rings is 2. The zero-order valence-electron chi connectivity index (χ0n) is 15.2. The van der Waals surface area contributed by atoms with E-state index in [1.165, 1.54) is 28.5 Å². The highest BCUT2D eigenvalue weighted by Gasteiger charge is 2.19. The fourth-order valence-electron chi connectivity index (χ4n) is 3.22. The van der Waals surface area contributed by atoms with Gasteiger partial charge < -0.3 is 14.8 Å². The Hall–Kier alpha value is -1.80. The molecular weight excluding hydrogens is 417 g/mol. The Kier molecular flexibility index (Phi) is 6.06. The number of fused-ring (bicyclic) bond motifs is 1. The number of hydrogen-bond donors (Lipinski definition) is 2. The lowest BCUT2D eigenvalue weighted by atomic mass is 9.93. The zero-order valence-corrected chi connectivity index (χ0v) is 17.6. The van der Waals surface area contributed by atoms with Crippen LogP contribution in [0.15, 0.2) is 46.1 Å². The van der Waals surface area contributed by atoms with E-state index in [0.29, 0.717) is 21.5 Å². The van der Waals surface area contributed by atoms with Gasteiger partial charge >= 0.3 is 0 Å². The van der Waals surface area contributed by atoms with Crippen LogP contribution in [0.4, 0.5) is 10.2 Å². The second-order valence-electron chi connectivity index (χ2n) is 6.46. The van der Waals surface area contributed by atoms with Crippen LogP contribution in [0.1, 0.15) is 29.7 Å². The lowest BCUT2D eigenvalue weighted by Crippen LogP contribution is -2.25. The molecule has 4 nitrogen and oxygen atoms in total. The summed E-state index contributed by atoms with van der Waals surface area (Å²) < 4.78 is 23.6. The Morgan fingerprint density at radius 1 is 1.39 bits per heavy atom. The molecule has 0 aliphatic carbocycles. The number of hydrogen-bond acceptors (Lipinski definition) is 6. The number of anilines is 1. The molecule has 0 saturated carbocycles. The van der Waals surface area contributed by atoms with Crippen molar-refractivity contribution in [3.63, 3.8) is 0 Å². The van der Waals surface area contributed by atoms with Gasteiger partial charge in [0.1, 0.15) is 23.5 Å². The lowest BCUT2D eigenvalue weighted by molar-refractivity contribution is 0.224. The van der Waals surface area contributed by atoms with Gasteiger partial charge in [0.05, 0.1) is 15.4 Å². The SMILES string of the molecule is CC(Oc1cc(F)c(SNc2cscn2)cc1Cl)c1cccc2c1CNCC2. The number of ether oxygens (including phenoxy) is 1. The second-order valence-corrected chi connectivity index (χ2v) is 8.44. The lowest BCUT2D eigenvalue weighted by Gasteiger charge is -2.24. The Morgan fingerprint density at radius 2 is 2.29 bits per heavy atom. The average Bonchev–Trinajstić information content (AvgIpc) is 3.22. The van der Waals surface area contributed by atoms with Crippen molar-refractivity contribution in [3.8, 4) is 5.75 Å². The minimum Gasteiger partial charge on any atom is -0.484 e. The summed E-state index contributed by atoms with van der Waals surface area (Å²) in [5.74, 6) is 0.629. The van der Waals surface area contributed by atoms with Crippen molar-refractivity contribution in [2.75, 3.05) is 11.3 Å². The average molecular weight is 436 g/mol. The molecule has 2 heterocycles. The number of rotatable bonds is 6. The van der Waals surface area contributed by atoms with E-state index in [1.807, 2.05) is 18.4 Å². The molecule has 0 saturated heterocycles. The van der Waals surface area contributed by atoms with Gasteiger partial charge in [0.2, 0.25) is 0 Å². The molecule has 3 aromatic rings. The molecule has 0 amide bonds. The van der Waals surface area contributed by atoms with E-state index >= 15 is 0 Å². The summed E-state index contributed by atoms with van der Waals surface area (Å²) in [6, 6.07) is 9.18. The minimum atomic E-state index is -0.393. The molecule has 8 heteroatoms. The Labute approximate surface area is 176 Å². The summed E-state index contributed by atoms with van der Waals surface area (Å²) in [5, 5.41) is 5.62. The van der Waals surface area contributed by atoms with Gasteiger partial charge in [-0.05, 0) is 54.6 Å². The molecule has 0 radical (unpaired) electrons. The monoisotopic (exact) mass is 435 g/mol. The van der Waals surface area contributed by atoms with E-state index in [4.69, 9.17) is 16.3 Å². The first-order valence-electron chi connectivity index (χ1n) is 8.90. The maximum Gasteiger partial charge on any atom is 0.147 e. The van der Waals surface area contributed by atoms with Gasteiger partial charge in [0.25, 0.3) is 0 Å². The topological polar surface area (TPSA) is 46.2 Å². The molecule has 146 valence electrons. The van der Waals surface area contributed by atoms with Crippen LogP contribution >= 0.6 is 34.9 Å². The van der Waals surface area contributed by atoms with Crippen molar-refractivity contribution in [1.82, 2.24) is 10.3 Å². The number of thiazole rings is 1. The Bertz CT molecular complexity index is 968. The highest BCUT2D eigenvalue weighted by Crippen LogP contribution is 2.36. The van der Waals surface area contributed by atoms with Crippen molar-refractivity contribution < 1.29 is 9.13 Å². The molecule has 1 aliphatic rings. The van der Waals surface area contributed by atoms with Crippen LogP contribution in [0.25, 0.3) is 0 Å². The first kappa shape index (κ1) is 19.5. The summed E-state index contributed by atoms with van der Waals surface area (Å²) >= 11 is 8.98. The molecule has 1 aromatic heterocycles. The molecule has 2 N–H and O–H groups in total. The molecule has 1 aliphatic heterocycles. The van der Waals surface area contributed by atoms with Gasteiger partial charge in [-0.15, -0.1) is 11.3 Å². The fraction of sp³-hybridized carbons (Fsp3) is 0.250. The van der Waals surface area contributed by atoms with E-state index in [2.05, 4.69) is 27.2 Å². The molecule has 28 heavy (non-hydrogen) atoms. The highest BCUT2D eigenvalue weighted by molar-refractivity contribution is 8.00. The number of nitrogens with zero attached hydrogens (tertiary/aromatic N) is 1. The van der Waals surface area contributed by atoms with Gasteiger partial charge in [0.15, 0.2) is 0 Å². The summed E-state index contributed by atoms with van der Waals surface area (Å²) in [5.41, 5.74) is 5.41. The third-order valence-electron chi connectivity index (χ3n) is 4.61. The van der Waals surface area contributed by atoms with E-state index in [-0.39, 0.29) is 6.10 Å². The summed E-state index contributed by atoms with van der Waals surface area (Å²) in [6.45, 7) is 3.76. The third kappa shape index (κ3) is 4.27. The molecular formula is C20H19ClFN3OS2. The van der Waals surface area contributed by atoms with Gasteiger partial charge in [-0.3, -0.25) is 0 Å². The van der Waals surface area contributed by atoms with Crippen LogP contribution in [-0.2, 0) is 13.0 Å². The highest BCUT2D eigenvalue weighted by atomic mass is 35.5. The number of halogens is 2. The van der Waals surface area contributed by atoms with Crippen LogP contribution in [-0.4, -0.2) is 11.5 Å². The summed E-state index contributed by atoms with van der Waals surface area (Å²) in [6.07, 6.45) is 0.766. The van der Waals surface area contributed by atoms with Crippen molar-refractivity contribution in [3.05, 3.63) is 68.8 Å². The molecule has 2 aromatic carbocycles. The quantitative estimate of drug-likeness (QED) is 0.476. The van der Waals surface area contributed by atoms with Crippen LogP contribution < -0.4 is 14.8 Å². The van der Waals surface area contributed by atoms with E-state index in [1.54, 1.807) is 11.6 Å². The number of nitrogens with one attached hydrogen (secondary N) is 2. The first-order valence-corrected chi connectivity index (χ1v) is 11.0. The van der Waals surface area contributed by atoms with Gasteiger partial charge in [0, 0.05) is 18.0 Å². The number of aromatic nitrogens is 1. The van der Waals surface area contributed by atoms with Crippen LogP contribution in [0.5, 0.6) is 5.75 Å². The summed E-state index contributed by atoms with van der Waals surface area (Å²) in [7, 11) is 0. The van der Waals surface area contributed by atoms with Crippen LogP contribution in [0.2, 0.25) is 5.02 Å². The Balaban J connectivity index is 1.51. The van der Waals surface area contributed by atoms with Gasteiger partial charge in [-0.25, -0.2) is 9.37 Å². The maximum atomic E-state index is 14.6. The van der Waals surface area contributed by atoms with Crippen molar-refractivity contribution in [1.29, 1.82) is 0 Å². The smallest absolute Gasteiger partial charge is 0.147 e. The standard InChI is InChI=1S/C20H19ClFN3OS2/c1-12(14-4-2-3-13-5-6-23-9-15(13)14)26-18-8-17(22)19(7-16(18)21)28-25-20-10-27-11-24-20/h2-4,7-8,10-12,23,25H,5-6,9H2,1H3. The molecule has 0 bridgehead atoms. The van der Waals surface area contributed by atoms with E-state index in [0.717, 1.165) is 37.0 Å². The third-order valence-corrected chi connectivity index (χ3v) is 6.33. The predicted octanol–water partition coefficient (Wildman–Crippen LogP) is 5.84. The van der Waals surface area contributed by atoms with Crippen LogP contribution in [0, 0.1) is 5.82 Å². The van der Waals surface area contributed by atoms with Crippen molar-refractivity contribution in [2.24, 2.45) is 0 Å². The molecule has 0 fully saturated rings. The fourth-order valence-corrected chi connectivity index (χ4v) is 4.72. The molecule has 4 rings (SSSR count). The van der Waals surface area contributed by atoms with Crippen molar-refractivity contribution >= 4 is 40.7 Å². The van der Waals surface area contributed by atoms with E-state index < -0.39 is 5.82 Å². The summed E-state index contributed by atoms with van der Waals surface area (Å²) in [4.78, 5) is 4.50. The van der Waals surface area contributed by atoms with E-state index in [9.17, 15) is 4.39 Å². The van der Waals surface area contributed by atoms with Gasteiger partial charge in [-0.1, -0.05) is 29.8 Å². The Morgan fingerprint density at radius 3 is 3.11 bits per heavy atom. The molecule has 1 unspecified atom stereocenters. The second kappa shape index (κ2) is 8.69. The molecule has 1 atom stereocenters. The van der Waals surface area contributed by atoms with Gasteiger partial charge in [-0.2, -0.15) is 0 Å². The zero-order chi connectivity index (χ0) is 19.5. The largest absolute Gasteiger partial charge is 0.484 e. The minimum absolute atomic E-state index is 0.238. The molecule has 0 spiro atoms. The van der Waals surface area contributed by atoms with Crippen molar-refractivity contribution in [2.45, 2.75) is 30.9 Å².